The van der Waals surface area contributed by atoms with Gasteiger partial charge in [0, 0.05) is 24.1 Å². The van der Waals surface area contributed by atoms with Gasteiger partial charge in [-0.25, -0.2) is 4.98 Å². The summed E-state index contributed by atoms with van der Waals surface area (Å²) < 4.78 is 5.36. The smallest absolute Gasteiger partial charge is 0.226 e. The summed E-state index contributed by atoms with van der Waals surface area (Å²) in [7, 11) is 1.76. The van der Waals surface area contributed by atoms with Gasteiger partial charge in [-0.15, -0.1) is 11.3 Å². The highest BCUT2D eigenvalue weighted by Gasteiger charge is 2.22. The molecule has 2 aromatic rings. The molecule has 1 aromatic carbocycles. The molecule has 0 radical (unpaired) electrons. The van der Waals surface area contributed by atoms with Gasteiger partial charge in [0.25, 0.3) is 0 Å². The van der Waals surface area contributed by atoms with Crippen LogP contribution in [0.25, 0.3) is 10.6 Å². The molecule has 0 unspecified atom stereocenters. The molecule has 0 aliphatic heterocycles. The second kappa shape index (κ2) is 7.70. The second-order valence-corrected chi connectivity index (χ2v) is 6.82. The van der Waals surface area contributed by atoms with Crippen LogP contribution in [0.5, 0.6) is 0 Å². The SMILES string of the molecule is COC1CCC(NC(=O)Cc2csc(-c3ccccc3)n2)CC1. The topological polar surface area (TPSA) is 51.2 Å². The number of amides is 1. The number of hydrogen-bond donors (Lipinski definition) is 1. The van der Waals surface area contributed by atoms with Gasteiger partial charge >= 0.3 is 0 Å². The first-order chi connectivity index (χ1) is 11.2. The molecule has 1 heterocycles. The maximum absolute atomic E-state index is 12.2. The molecule has 23 heavy (non-hydrogen) atoms. The Labute approximate surface area is 140 Å². The number of thiazole rings is 1. The van der Waals surface area contributed by atoms with Crippen LogP contribution in [-0.2, 0) is 16.0 Å². The molecule has 1 aliphatic rings. The van der Waals surface area contributed by atoms with Crippen molar-refractivity contribution < 1.29 is 9.53 Å². The van der Waals surface area contributed by atoms with Crippen molar-refractivity contribution in [2.75, 3.05) is 7.11 Å². The van der Waals surface area contributed by atoms with Crippen molar-refractivity contribution in [2.24, 2.45) is 0 Å². The minimum Gasteiger partial charge on any atom is -0.381 e. The monoisotopic (exact) mass is 330 g/mol. The Kier molecular flexibility index (Phi) is 5.41. The molecule has 1 aromatic heterocycles. The highest BCUT2D eigenvalue weighted by atomic mass is 32.1. The van der Waals surface area contributed by atoms with Gasteiger partial charge in [0.05, 0.1) is 18.2 Å². The summed E-state index contributed by atoms with van der Waals surface area (Å²) in [5.41, 5.74) is 1.94. The van der Waals surface area contributed by atoms with E-state index in [0.717, 1.165) is 41.9 Å². The van der Waals surface area contributed by atoms with E-state index >= 15 is 0 Å². The molecular weight excluding hydrogens is 308 g/mol. The predicted molar refractivity (Wildman–Crippen MR) is 92.4 cm³/mol. The fourth-order valence-corrected chi connectivity index (χ4v) is 3.81. The Morgan fingerprint density at radius 3 is 2.70 bits per heavy atom. The molecule has 0 atom stereocenters. The van der Waals surface area contributed by atoms with Crippen LogP contribution >= 0.6 is 11.3 Å². The van der Waals surface area contributed by atoms with Crippen LogP contribution in [0.2, 0.25) is 0 Å². The van der Waals surface area contributed by atoms with Crippen molar-refractivity contribution in [2.45, 2.75) is 44.2 Å². The fourth-order valence-electron chi connectivity index (χ4n) is 2.99. The summed E-state index contributed by atoms with van der Waals surface area (Å²) in [5.74, 6) is 0.0655. The van der Waals surface area contributed by atoms with Gasteiger partial charge < -0.3 is 10.1 Å². The van der Waals surface area contributed by atoms with Crippen LogP contribution in [0.3, 0.4) is 0 Å². The fraction of sp³-hybridized carbons (Fsp3) is 0.444. The predicted octanol–water partition coefficient (Wildman–Crippen LogP) is 3.43. The number of nitrogens with zero attached hydrogens (tertiary/aromatic N) is 1. The van der Waals surface area contributed by atoms with E-state index in [2.05, 4.69) is 10.3 Å². The van der Waals surface area contributed by atoms with Crippen LogP contribution in [0.4, 0.5) is 0 Å². The van der Waals surface area contributed by atoms with E-state index in [4.69, 9.17) is 4.74 Å². The third-order valence-corrected chi connectivity index (χ3v) is 5.23. The molecule has 0 saturated heterocycles. The number of hydrogen-bond acceptors (Lipinski definition) is 4. The van der Waals surface area contributed by atoms with Gasteiger partial charge in [0.15, 0.2) is 0 Å². The Hall–Kier alpha value is -1.72. The van der Waals surface area contributed by atoms with Crippen LogP contribution in [0.15, 0.2) is 35.7 Å². The van der Waals surface area contributed by atoms with Crippen LogP contribution in [-0.4, -0.2) is 30.1 Å². The van der Waals surface area contributed by atoms with Gasteiger partial charge in [0.1, 0.15) is 5.01 Å². The molecular formula is C18H22N2O2S. The minimum absolute atomic E-state index is 0.0655. The quantitative estimate of drug-likeness (QED) is 0.914. The number of aromatic nitrogens is 1. The van der Waals surface area contributed by atoms with Crippen molar-refractivity contribution in [3.8, 4) is 10.6 Å². The van der Waals surface area contributed by atoms with E-state index in [1.54, 1.807) is 18.4 Å². The van der Waals surface area contributed by atoms with Crippen molar-refractivity contribution in [3.63, 3.8) is 0 Å². The molecule has 122 valence electrons. The number of rotatable bonds is 5. The summed E-state index contributed by atoms with van der Waals surface area (Å²) in [6.07, 6.45) is 4.75. The number of carbonyl (C=O) groups is 1. The van der Waals surface area contributed by atoms with Crippen molar-refractivity contribution in [3.05, 3.63) is 41.4 Å². The van der Waals surface area contributed by atoms with Gasteiger partial charge in [-0.2, -0.15) is 0 Å². The number of carbonyl (C=O) groups excluding carboxylic acids is 1. The lowest BCUT2D eigenvalue weighted by Crippen LogP contribution is -2.39. The number of benzene rings is 1. The van der Waals surface area contributed by atoms with E-state index < -0.39 is 0 Å². The molecule has 4 nitrogen and oxygen atoms in total. The molecule has 1 N–H and O–H groups in total. The van der Waals surface area contributed by atoms with Crippen molar-refractivity contribution in [1.82, 2.24) is 10.3 Å². The molecule has 0 bridgehead atoms. The molecule has 1 aliphatic carbocycles. The number of ether oxygens (including phenoxy) is 1. The Morgan fingerprint density at radius 1 is 1.26 bits per heavy atom. The zero-order valence-corrected chi connectivity index (χ0v) is 14.1. The average Bonchev–Trinajstić information content (AvgIpc) is 3.04. The first-order valence-corrected chi connectivity index (χ1v) is 8.94. The zero-order valence-electron chi connectivity index (χ0n) is 13.3. The van der Waals surface area contributed by atoms with Gasteiger partial charge in [0.2, 0.25) is 5.91 Å². The normalized spacial score (nSPS) is 21.1. The van der Waals surface area contributed by atoms with E-state index in [1.807, 2.05) is 35.7 Å². The largest absolute Gasteiger partial charge is 0.381 e. The van der Waals surface area contributed by atoms with Crippen molar-refractivity contribution >= 4 is 17.2 Å². The van der Waals surface area contributed by atoms with Gasteiger partial charge in [-0.05, 0) is 25.7 Å². The molecule has 0 spiro atoms. The lowest BCUT2D eigenvalue weighted by molar-refractivity contribution is -0.121. The third-order valence-electron chi connectivity index (χ3n) is 4.29. The first-order valence-electron chi connectivity index (χ1n) is 8.06. The van der Waals surface area contributed by atoms with E-state index in [9.17, 15) is 4.79 Å². The zero-order chi connectivity index (χ0) is 16.1. The lowest BCUT2D eigenvalue weighted by atomic mass is 9.93. The third kappa shape index (κ3) is 4.39. The number of nitrogens with one attached hydrogen (secondary N) is 1. The summed E-state index contributed by atoms with van der Waals surface area (Å²) in [6, 6.07) is 10.3. The summed E-state index contributed by atoms with van der Waals surface area (Å²) in [5, 5.41) is 6.07. The molecule has 1 fully saturated rings. The van der Waals surface area contributed by atoms with Crippen LogP contribution in [0, 0.1) is 0 Å². The Balaban J connectivity index is 1.52. The summed E-state index contributed by atoms with van der Waals surface area (Å²) >= 11 is 1.59. The van der Waals surface area contributed by atoms with Gasteiger partial charge in [-0.3, -0.25) is 4.79 Å². The highest BCUT2D eigenvalue weighted by molar-refractivity contribution is 7.13. The van der Waals surface area contributed by atoms with Crippen molar-refractivity contribution in [1.29, 1.82) is 0 Å². The van der Waals surface area contributed by atoms with E-state index in [0.29, 0.717) is 12.5 Å². The van der Waals surface area contributed by atoms with E-state index in [1.165, 1.54) is 0 Å². The summed E-state index contributed by atoms with van der Waals surface area (Å²) in [4.78, 5) is 16.8. The molecule has 1 amide bonds. The maximum Gasteiger partial charge on any atom is 0.226 e. The molecule has 3 rings (SSSR count). The second-order valence-electron chi connectivity index (χ2n) is 5.96. The number of methoxy groups -OCH3 is 1. The Bertz CT molecular complexity index is 633. The molecule has 1 saturated carbocycles. The highest BCUT2D eigenvalue weighted by Crippen LogP contribution is 2.24. The standard InChI is InChI=1S/C18H22N2O2S/c1-22-16-9-7-14(8-10-16)19-17(21)11-15-12-23-18(20-15)13-5-3-2-4-6-13/h2-6,12,14,16H,7-11H2,1H3,(H,19,21). The average molecular weight is 330 g/mol. The summed E-state index contributed by atoms with van der Waals surface area (Å²) in [6.45, 7) is 0. The van der Waals surface area contributed by atoms with Crippen LogP contribution < -0.4 is 5.32 Å². The molecule has 5 heteroatoms. The first kappa shape index (κ1) is 16.1. The Morgan fingerprint density at radius 2 is 2.00 bits per heavy atom. The van der Waals surface area contributed by atoms with E-state index in [-0.39, 0.29) is 11.9 Å². The minimum atomic E-state index is 0.0655. The van der Waals surface area contributed by atoms with Crippen LogP contribution in [0.1, 0.15) is 31.4 Å². The van der Waals surface area contributed by atoms with Gasteiger partial charge in [-0.1, -0.05) is 30.3 Å². The lowest BCUT2D eigenvalue weighted by Gasteiger charge is -2.28. The maximum atomic E-state index is 12.2.